The Kier molecular flexibility index (Phi) is 5.37. The molecule has 0 amide bonds. The Labute approximate surface area is 121 Å². The van der Waals surface area contributed by atoms with Crippen LogP contribution in [0.25, 0.3) is 0 Å². The van der Waals surface area contributed by atoms with Crippen LogP contribution in [0.4, 0.5) is 0 Å². The van der Waals surface area contributed by atoms with E-state index in [9.17, 15) is 4.79 Å². The average Bonchev–Trinajstić information content (AvgIpc) is 2.44. The summed E-state index contributed by atoms with van der Waals surface area (Å²) in [6.45, 7) is 7.94. The van der Waals surface area contributed by atoms with Gasteiger partial charge in [-0.2, -0.15) is 0 Å². The largest absolute Gasteiger partial charge is 0.465 e. The summed E-state index contributed by atoms with van der Waals surface area (Å²) in [5.41, 5.74) is 0.584. The normalized spacial score (nSPS) is 12.1. The van der Waals surface area contributed by atoms with E-state index in [2.05, 4.69) is 0 Å². The van der Waals surface area contributed by atoms with Crippen LogP contribution >= 0.6 is 0 Å². The topological polar surface area (TPSA) is 44.8 Å². The first kappa shape index (κ1) is 16.7. The van der Waals surface area contributed by atoms with Gasteiger partial charge in [-0.25, -0.2) is 4.79 Å². The summed E-state index contributed by atoms with van der Waals surface area (Å²) < 4.78 is 16.1. The van der Waals surface area contributed by atoms with E-state index in [0.717, 1.165) is 5.46 Å². The maximum atomic E-state index is 11.5. The molecule has 110 valence electrons. The Morgan fingerprint density at radius 2 is 1.75 bits per heavy atom. The van der Waals surface area contributed by atoms with Crippen LogP contribution in [0.1, 0.15) is 38.1 Å². The number of benzene rings is 1. The first-order valence-corrected chi connectivity index (χ1v) is 6.60. The van der Waals surface area contributed by atoms with Gasteiger partial charge in [-0.1, -0.05) is 23.7 Å². The molecule has 0 N–H and O–H groups in total. The highest BCUT2D eigenvalue weighted by Crippen LogP contribution is 2.27. The molecule has 0 saturated carbocycles. The maximum absolute atomic E-state index is 11.5. The molecule has 0 heterocycles. The fourth-order valence-corrected chi connectivity index (χ4v) is 1.59. The Bertz CT molecular complexity index is 469. The van der Waals surface area contributed by atoms with Crippen molar-refractivity contribution >= 4 is 18.9 Å². The summed E-state index contributed by atoms with van der Waals surface area (Å²) >= 11 is 0. The van der Waals surface area contributed by atoms with Crippen LogP contribution in [0.15, 0.2) is 24.3 Å². The van der Waals surface area contributed by atoms with E-state index in [1.165, 1.54) is 7.11 Å². The molecule has 20 heavy (non-hydrogen) atoms. The fourth-order valence-electron chi connectivity index (χ4n) is 1.59. The number of rotatable bonds is 6. The molecule has 0 aromatic heterocycles. The van der Waals surface area contributed by atoms with Crippen molar-refractivity contribution in [2.75, 3.05) is 14.2 Å². The molecule has 0 saturated heterocycles. The lowest BCUT2D eigenvalue weighted by atomic mass is 9.82. The van der Waals surface area contributed by atoms with Gasteiger partial charge in [0.2, 0.25) is 0 Å². The second-order valence-corrected chi connectivity index (χ2v) is 5.71. The number of carbonyl (C=O) groups is 1. The maximum Gasteiger partial charge on any atom is 0.337 e. The highest BCUT2D eigenvalue weighted by molar-refractivity contribution is 6.47. The number of hydrogen-bond acceptors (Lipinski definition) is 4. The van der Waals surface area contributed by atoms with E-state index in [1.54, 1.807) is 19.2 Å². The predicted octanol–water partition coefficient (Wildman–Crippen LogP) is 1.67. The van der Waals surface area contributed by atoms with Gasteiger partial charge in [-0.15, -0.1) is 0 Å². The smallest absolute Gasteiger partial charge is 0.337 e. The molecular weight excluding hydrogens is 255 g/mol. The van der Waals surface area contributed by atoms with Gasteiger partial charge in [0.15, 0.2) is 0 Å². The minimum absolute atomic E-state index is 0.344. The number of hydrogen-bond donors (Lipinski definition) is 0. The summed E-state index contributed by atoms with van der Waals surface area (Å²) in [5.74, 6) is -0.344. The second-order valence-electron chi connectivity index (χ2n) is 5.71. The van der Waals surface area contributed by atoms with Crippen molar-refractivity contribution in [2.24, 2.45) is 0 Å². The third-order valence-electron chi connectivity index (χ3n) is 3.91. The third kappa shape index (κ3) is 3.84. The van der Waals surface area contributed by atoms with Crippen molar-refractivity contribution in [3.8, 4) is 0 Å². The average molecular weight is 278 g/mol. The molecule has 1 aromatic carbocycles. The summed E-state index contributed by atoms with van der Waals surface area (Å²) in [6, 6.07) is 7.24. The van der Waals surface area contributed by atoms with Crippen LogP contribution in [0.2, 0.25) is 0 Å². The number of methoxy groups -OCH3 is 2. The standard InChI is InChI=1S/C15H23BO4/c1-14(2,19-6)15(3,4)20-16-12-9-7-8-11(10-12)13(17)18-5/h7-10,16H,1-6H3. The lowest BCUT2D eigenvalue weighted by Gasteiger charge is -2.40. The first-order chi connectivity index (χ1) is 9.23. The SMILES string of the molecule is COC(=O)c1cccc(BOC(C)(C)C(C)(C)OC)c1. The molecular formula is C15H23BO4. The van der Waals surface area contributed by atoms with Crippen molar-refractivity contribution in [1.82, 2.24) is 0 Å². The quantitative estimate of drug-likeness (QED) is 0.586. The molecule has 5 heteroatoms. The van der Waals surface area contributed by atoms with E-state index < -0.39 is 11.2 Å². The van der Waals surface area contributed by atoms with Crippen LogP contribution < -0.4 is 5.46 Å². The number of ether oxygens (including phenoxy) is 2. The zero-order valence-electron chi connectivity index (χ0n) is 13.1. The summed E-state index contributed by atoms with van der Waals surface area (Å²) in [7, 11) is 3.45. The molecule has 1 aromatic rings. The van der Waals surface area contributed by atoms with Gasteiger partial charge < -0.3 is 14.1 Å². The highest BCUT2D eigenvalue weighted by atomic mass is 16.5. The summed E-state index contributed by atoms with van der Waals surface area (Å²) in [5, 5.41) is 0. The van der Waals surface area contributed by atoms with Crippen LogP contribution in [0.5, 0.6) is 0 Å². The predicted molar refractivity (Wildman–Crippen MR) is 80.8 cm³/mol. The molecule has 1 rings (SSSR count). The van der Waals surface area contributed by atoms with Crippen LogP contribution in [-0.4, -0.2) is 38.9 Å². The minimum Gasteiger partial charge on any atom is -0.465 e. The molecule has 0 spiro atoms. The van der Waals surface area contributed by atoms with Crippen LogP contribution in [0, 0.1) is 0 Å². The molecule has 4 nitrogen and oxygen atoms in total. The third-order valence-corrected chi connectivity index (χ3v) is 3.91. The summed E-state index contributed by atoms with van der Waals surface area (Å²) in [6.07, 6.45) is 0. The van der Waals surface area contributed by atoms with E-state index in [4.69, 9.17) is 14.1 Å². The Morgan fingerprint density at radius 1 is 1.10 bits per heavy atom. The van der Waals surface area contributed by atoms with Gasteiger partial charge >= 0.3 is 13.5 Å². The van der Waals surface area contributed by atoms with Crippen molar-refractivity contribution in [3.05, 3.63) is 29.8 Å². The van der Waals surface area contributed by atoms with Gasteiger partial charge in [0.05, 0.1) is 23.9 Å². The fraction of sp³-hybridized carbons (Fsp3) is 0.533. The van der Waals surface area contributed by atoms with Crippen molar-refractivity contribution < 1.29 is 18.9 Å². The van der Waals surface area contributed by atoms with Crippen LogP contribution in [0.3, 0.4) is 0 Å². The van der Waals surface area contributed by atoms with Gasteiger partial charge in [-0.3, -0.25) is 0 Å². The van der Waals surface area contributed by atoms with Gasteiger partial charge in [0, 0.05) is 7.11 Å². The Hall–Kier alpha value is -1.33. The van der Waals surface area contributed by atoms with Crippen molar-refractivity contribution in [2.45, 2.75) is 38.9 Å². The lowest BCUT2D eigenvalue weighted by Crippen LogP contribution is -2.50. The van der Waals surface area contributed by atoms with Crippen molar-refractivity contribution in [3.63, 3.8) is 0 Å². The highest BCUT2D eigenvalue weighted by Gasteiger charge is 2.37. The lowest BCUT2D eigenvalue weighted by molar-refractivity contribution is -0.114. The Balaban J connectivity index is 2.78. The molecule has 0 aliphatic heterocycles. The molecule has 0 atom stereocenters. The van der Waals surface area contributed by atoms with E-state index in [1.807, 2.05) is 39.8 Å². The minimum atomic E-state index is -0.455. The van der Waals surface area contributed by atoms with Gasteiger partial charge in [-0.05, 0) is 33.8 Å². The van der Waals surface area contributed by atoms with E-state index in [-0.39, 0.29) is 5.97 Å². The zero-order chi connectivity index (χ0) is 15.4. The Morgan fingerprint density at radius 3 is 2.30 bits per heavy atom. The zero-order valence-corrected chi connectivity index (χ0v) is 13.1. The van der Waals surface area contributed by atoms with E-state index in [0.29, 0.717) is 13.0 Å². The molecule has 0 aliphatic rings. The van der Waals surface area contributed by atoms with E-state index >= 15 is 0 Å². The number of carbonyl (C=O) groups excluding carboxylic acids is 1. The molecule has 0 bridgehead atoms. The van der Waals surface area contributed by atoms with Crippen LogP contribution in [-0.2, 0) is 14.1 Å². The number of esters is 1. The molecule has 0 radical (unpaired) electrons. The monoisotopic (exact) mass is 278 g/mol. The molecule has 0 aliphatic carbocycles. The van der Waals surface area contributed by atoms with Crippen molar-refractivity contribution in [1.29, 1.82) is 0 Å². The molecule has 0 unspecified atom stereocenters. The summed E-state index contributed by atoms with van der Waals surface area (Å²) in [4.78, 5) is 11.5. The second kappa shape index (κ2) is 6.42. The van der Waals surface area contributed by atoms with Gasteiger partial charge in [0.1, 0.15) is 0 Å². The first-order valence-electron chi connectivity index (χ1n) is 6.60. The molecule has 0 fully saturated rings. The van der Waals surface area contributed by atoms with Gasteiger partial charge in [0.25, 0.3) is 0 Å².